The highest BCUT2D eigenvalue weighted by molar-refractivity contribution is 5.76. The Morgan fingerprint density at radius 3 is 2.86 bits per heavy atom. The first kappa shape index (κ1) is 18.6. The maximum atomic E-state index is 13.0. The molecule has 1 spiro atoms. The third kappa shape index (κ3) is 2.66. The summed E-state index contributed by atoms with van der Waals surface area (Å²) in [7, 11) is 0. The van der Waals surface area contributed by atoms with E-state index in [-0.39, 0.29) is 46.8 Å². The summed E-state index contributed by atoms with van der Waals surface area (Å²) < 4.78 is 25.3. The summed E-state index contributed by atoms with van der Waals surface area (Å²) in [6.07, 6.45) is 5.57. The zero-order valence-corrected chi connectivity index (χ0v) is 16.7. The van der Waals surface area contributed by atoms with Gasteiger partial charge in [-0.25, -0.2) is 4.39 Å². The van der Waals surface area contributed by atoms with E-state index < -0.39 is 0 Å². The van der Waals surface area contributed by atoms with Crippen LogP contribution in [0.1, 0.15) is 45.1 Å². The van der Waals surface area contributed by atoms with Crippen molar-refractivity contribution in [1.29, 1.82) is 0 Å². The second-order valence-electron chi connectivity index (χ2n) is 9.63. The van der Waals surface area contributed by atoms with Crippen LogP contribution >= 0.6 is 0 Å². The van der Waals surface area contributed by atoms with Crippen LogP contribution in [0.25, 0.3) is 0 Å². The van der Waals surface area contributed by atoms with Gasteiger partial charge in [0.25, 0.3) is 0 Å². The molecule has 0 bridgehead atoms. The molecule has 4 aliphatic rings. The van der Waals surface area contributed by atoms with E-state index in [2.05, 4.69) is 19.2 Å². The van der Waals surface area contributed by atoms with Gasteiger partial charge in [0.15, 0.2) is 0 Å². The maximum absolute atomic E-state index is 13.0. The van der Waals surface area contributed by atoms with Crippen LogP contribution < -0.4 is 5.32 Å². The Morgan fingerprint density at radius 2 is 2.07 bits per heavy atom. The summed E-state index contributed by atoms with van der Waals surface area (Å²) in [5.74, 6) is 0.335. The summed E-state index contributed by atoms with van der Waals surface area (Å²) in [4.78, 5) is 12.6. The first-order chi connectivity index (χ1) is 13.4. The highest BCUT2D eigenvalue weighted by atomic mass is 19.1. The first-order valence-electron chi connectivity index (χ1n) is 10.8. The zero-order valence-electron chi connectivity index (χ0n) is 16.7. The highest BCUT2D eigenvalue weighted by Gasteiger charge is 2.78. The second-order valence-corrected chi connectivity index (χ2v) is 9.63. The Labute approximate surface area is 166 Å². The van der Waals surface area contributed by atoms with Crippen molar-refractivity contribution >= 4 is 5.97 Å². The third-order valence-electron chi connectivity index (χ3n) is 8.06. The quantitative estimate of drug-likeness (QED) is 0.477. The molecule has 5 heteroatoms. The summed E-state index contributed by atoms with van der Waals surface area (Å²) in [5.41, 5.74) is 1.20. The Kier molecular flexibility index (Phi) is 4.33. The number of fused-ring (bicyclic) bond motifs is 2. The smallest absolute Gasteiger partial charge is 0.311 e. The molecule has 0 aromatic heterocycles. The average Bonchev–Trinajstić information content (AvgIpc) is 3.34. The number of ether oxygens (including phenoxy) is 2. The average molecular weight is 387 g/mol. The van der Waals surface area contributed by atoms with Crippen molar-refractivity contribution in [3.8, 4) is 0 Å². The number of benzene rings is 1. The minimum atomic E-state index is -0.212. The number of halogens is 1. The predicted octanol–water partition coefficient (Wildman–Crippen LogP) is 3.48. The number of carbonyl (C=O) groups is 1. The lowest BCUT2D eigenvalue weighted by Crippen LogP contribution is -2.54. The van der Waals surface area contributed by atoms with E-state index in [0.29, 0.717) is 12.5 Å². The van der Waals surface area contributed by atoms with E-state index in [4.69, 9.17) is 9.47 Å². The Bertz CT molecular complexity index is 768. The molecular formula is C23H30FNO3. The largest absolute Gasteiger partial charge is 0.462 e. The molecule has 152 valence electrons. The molecule has 1 aromatic carbocycles. The van der Waals surface area contributed by atoms with Crippen molar-refractivity contribution < 1.29 is 18.7 Å². The zero-order chi connectivity index (χ0) is 19.5. The molecule has 1 aromatic rings. The van der Waals surface area contributed by atoms with Gasteiger partial charge in [0, 0.05) is 17.9 Å². The minimum Gasteiger partial charge on any atom is -0.462 e. The number of hydrogen-bond donors (Lipinski definition) is 1. The number of carbonyl (C=O) groups excluding carboxylic acids is 1. The summed E-state index contributed by atoms with van der Waals surface area (Å²) >= 11 is 0. The van der Waals surface area contributed by atoms with Crippen molar-refractivity contribution in [2.75, 3.05) is 13.1 Å². The molecule has 0 radical (unpaired) electrons. The van der Waals surface area contributed by atoms with Crippen LogP contribution in [0.4, 0.5) is 4.39 Å². The van der Waals surface area contributed by atoms with Gasteiger partial charge in [-0.1, -0.05) is 32.4 Å². The lowest BCUT2D eigenvalue weighted by Gasteiger charge is -2.48. The van der Waals surface area contributed by atoms with E-state index in [1.54, 1.807) is 0 Å². The summed E-state index contributed by atoms with van der Waals surface area (Å²) in [5, 5.41) is 3.43. The van der Waals surface area contributed by atoms with Crippen LogP contribution in [0.3, 0.4) is 0 Å². The first-order valence-corrected chi connectivity index (χ1v) is 10.8. The molecule has 4 fully saturated rings. The van der Waals surface area contributed by atoms with Crippen molar-refractivity contribution in [2.24, 2.45) is 23.2 Å². The fraction of sp³-hybridized carbons (Fsp3) is 0.696. The van der Waals surface area contributed by atoms with Crippen LogP contribution in [0, 0.1) is 29.0 Å². The van der Waals surface area contributed by atoms with Crippen LogP contribution in [-0.4, -0.2) is 36.9 Å². The highest BCUT2D eigenvalue weighted by Crippen LogP contribution is 2.70. The summed E-state index contributed by atoms with van der Waals surface area (Å²) in [6, 6.07) is 6.60. The van der Waals surface area contributed by atoms with Crippen LogP contribution in [0.2, 0.25) is 0 Å². The van der Waals surface area contributed by atoms with Crippen molar-refractivity contribution in [1.82, 2.24) is 5.32 Å². The molecule has 2 saturated heterocycles. The van der Waals surface area contributed by atoms with E-state index in [9.17, 15) is 9.18 Å². The van der Waals surface area contributed by atoms with E-state index in [0.717, 1.165) is 24.9 Å². The topological polar surface area (TPSA) is 50.9 Å². The van der Waals surface area contributed by atoms with E-state index in [1.807, 2.05) is 12.1 Å². The number of rotatable bonds is 5. The molecule has 0 unspecified atom stereocenters. The molecule has 2 heterocycles. The van der Waals surface area contributed by atoms with Gasteiger partial charge in [-0.2, -0.15) is 0 Å². The number of esters is 1. The van der Waals surface area contributed by atoms with Crippen LogP contribution in [0.5, 0.6) is 0 Å². The third-order valence-corrected chi connectivity index (χ3v) is 8.06. The van der Waals surface area contributed by atoms with Gasteiger partial charge in [-0.3, -0.25) is 4.79 Å². The maximum Gasteiger partial charge on any atom is 0.311 e. The molecule has 28 heavy (non-hydrogen) atoms. The van der Waals surface area contributed by atoms with Crippen LogP contribution in [0.15, 0.2) is 24.3 Å². The standard InChI is InChI=1S/C23H30FNO3/c1-14-4-3-10-22(2)12-18-19(20-23(14,22)28-20)17(21(26)27-18)13-25-11-9-15-5-7-16(24)8-6-15/h5-8,14,17-20,25H,3-4,9-13H2,1-2H3/t14-,17-,18-,19+,20+,22+,23-/m1/s1. The van der Waals surface area contributed by atoms with Crippen molar-refractivity contribution in [2.45, 2.75) is 63.8 Å². The number of nitrogens with one attached hydrogen (secondary N) is 1. The van der Waals surface area contributed by atoms with Crippen LogP contribution in [-0.2, 0) is 20.7 Å². The second kappa shape index (κ2) is 6.53. The van der Waals surface area contributed by atoms with E-state index >= 15 is 0 Å². The number of epoxide rings is 1. The summed E-state index contributed by atoms with van der Waals surface area (Å²) in [6.45, 7) is 6.06. The minimum absolute atomic E-state index is 0.00678. The van der Waals surface area contributed by atoms with Gasteiger partial charge < -0.3 is 14.8 Å². The Balaban J connectivity index is 1.23. The lowest BCUT2D eigenvalue weighted by atomic mass is 9.53. The Morgan fingerprint density at radius 1 is 1.29 bits per heavy atom. The molecule has 5 rings (SSSR count). The molecule has 2 saturated carbocycles. The van der Waals surface area contributed by atoms with Crippen molar-refractivity contribution in [3.05, 3.63) is 35.6 Å². The predicted molar refractivity (Wildman–Crippen MR) is 103 cm³/mol. The van der Waals surface area contributed by atoms with E-state index in [1.165, 1.54) is 31.4 Å². The fourth-order valence-electron chi connectivity index (χ4n) is 6.61. The van der Waals surface area contributed by atoms with Gasteiger partial charge in [0.2, 0.25) is 0 Å². The molecular weight excluding hydrogens is 357 g/mol. The molecule has 1 N–H and O–H groups in total. The fourth-order valence-corrected chi connectivity index (χ4v) is 6.61. The van der Waals surface area contributed by atoms with Gasteiger partial charge in [0.05, 0.1) is 12.0 Å². The SMILES string of the molecule is C[C@@H]1CCC[C@@]2(C)C[C@H]3OC(=O)[C@H](CNCCc4ccc(F)cc4)[C@@H]3[C@@H]3O[C@]132. The molecule has 0 amide bonds. The number of hydrogen-bond acceptors (Lipinski definition) is 4. The van der Waals surface area contributed by atoms with Gasteiger partial charge in [-0.15, -0.1) is 0 Å². The molecule has 7 atom stereocenters. The van der Waals surface area contributed by atoms with Gasteiger partial charge >= 0.3 is 5.97 Å². The normalized spacial score (nSPS) is 43.7. The monoisotopic (exact) mass is 387 g/mol. The van der Waals surface area contributed by atoms with Gasteiger partial charge in [-0.05, 0) is 55.8 Å². The van der Waals surface area contributed by atoms with Crippen molar-refractivity contribution in [3.63, 3.8) is 0 Å². The molecule has 4 nitrogen and oxygen atoms in total. The Hall–Kier alpha value is -1.46. The van der Waals surface area contributed by atoms with Gasteiger partial charge in [0.1, 0.15) is 17.5 Å². The molecule has 2 aliphatic heterocycles. The lowest BCUT2D eigenvalue weighted by molar-refractivity contribution is -0.146. The molecule has 2 aliphatic carbocycles.